The van der Waals surface area contributed by atoms with Crippen molar-refractivity contribution >= 4 is 35.6 Å². The van der Waals surface area contributed by atoms with E-state index in [1.165, 1.54) is 12.5 Å². The third-order valence-corrected chi connectivity index (χ3v) is 5.77. The summed E-state index contributed by atoms with van der Waals surface area (Å²) < 4.78 is 0. The molecule has 4 unspecified atom stereocenters. The van der Waals surface area contributed by atoms with E-state index in [9.17, 15) is 24.3 Å². The van der Waals surface area contributed by atoms with Crippen LogP contribution in [0.3, 0.4) is 0 Å². The Balaban J connectivity index is 3.08. The first-order chi connectivity index (χ1) is 18.8. The molecule has 0 fully saturated rings. The number of rotatable bonds is 18. The molecule has 15 N–H and O–H groups in total. The van der Waals surface area contributed by atoms with Gasteiger partial charge in [-0.2, -0.15) is 0 Å². The van der Waals surface area contributed by atoms with Gasteiger partial charge in [0.1, 0.15) is 18.1 Å². The molecule has 17 nitrogen and oxygen atoms in total. The molecule has 0 bridgehead atoms. The minimum absolute atomic E-state index is 0.0297. The molecule has 0 saturated carbocycles. The summed E-state index contributed by atoms with van der Waals surface area (Å²) in [7, 11) is 0. The van der Waals surface area contributed by atoms with Crippen molar-refractivity contribution in [3.05, 3.63) is 18.2 Å². The highest BCUT2D eigenvalue weighted by Gasteiger charge is 2.31. The molecule has 0 aliphatic heterocycles. The number of aromatic amines is 1. The molecule has 1 heterocycles. The number of imidazole rings is 1. The molecular formula is C23H42N12O5. The fourth-order valence-corrected chi connectivity index (χ4v) is 3.47. The Bertz CT molecular complexity index is 1020. The van der Waals surface area contributed by atoms with E-state index in [2.05, 4.69) is 35.9 Å². The van der Waals surface area contributed by atoms with Crippen LogP contribution in [0.2, 0.25) is 0 Å². The van der Waals surface area contributed by atoms with Crippen LogP contribution in [0.5, 0.6) is 0 Å². The van der Waals surface area contributed by atoms with Crippen molar-refractivity contribution in [2.45, 2.75) is 70.1 Å². The van der Waals surface area contributed by atoms with Gasteiger partial charge >= 0.3 is 5.97 Å². The van der Waals surface area contributed by atoms with Crippen LogP contribution >= 0.6 is 0 Å². The Morgan fingerprint density at radius 1 is 0.875 bits per heavy atom. The van der Waals surface area contributed by atoms with Gasteiger partial charge in [0.15, 0.2) is 11.9 Å². The molecule has 17 heteroatoms. The van der Waals surface area contributed by atoms with Crippen molar-refractivity contribution < 1.29 is 24.3 Å². The van der Waals surface area contributed by atoms with Crippen molar-refractivity contribution in [1.29, 1.82) is 0 Å². The van der Waals surface area contributed by atoms with E-state index in [4.69, 9.17) is 28.7 Å². The number of H-pyrrole nitrogens is 1. The molecule has 1 aromatic rings. The number of carbonyl (C=O) groups excluding carboxylic acids is 3. The molecule has 0 aliphatic carbocycles. The molecule has 3 amide bonds. The van der Waals surface area contributed by atoms with Gasteiger partial charge in [-0.3, -0.25) is 24.4 Å². The summed E-state index contributed by atoms with van der Waals surface area (Å²) in [6, 6.07) is -4.41. The van der Waals surface area contributed by atoms with E-state index in [0.29, 0.717) is 12.1 Å². The van der Waals surface area contributed by atoms with Crippen LogP contribution in [0.4, 0.5) is 0 Å². The molecule has 0 saturated heterocycles. The number of hydrogen-bond donors (Lipinski definition) is 10. The molecule has 0 spiro atoms. The van der Waals surface area contributed by atoms with E-state index in [1.807, 2.05) is 0 Å². The number of carboxylic acid groups (broad SMARTS) is 1. The molecular weight excluding hydrogens is 524 g/mol. The summed E-state index contributed by atoms with van der Waals surface area (Å²) in [5, 5.41) is 17.3. The Labute approximate surface area is 232 Å². The Kier molecular flexibility index (Phi) is 14.5. The summed E-state index contributed by atoms with van der Waals surface area (Å²) >= 11 is 0. The lowest BCUT2D eigenvalue weighted by molar-refractivity contribution is -0.142. The van der Waals surface area contributed by atoms with Gasteiger partial charge in [0.2, 0.25) is 17.7 Å². The van der Waals surface area contributed by atoms with Gasteiger partial charge < -0.3 is 54.7 Å². The lowest BCUT2D eigenvalue weighted by atomic mass is 10.0. The van der Waals surface area contributed by atoms with Crippen molar-refractivity contribution in [2.75, 3.05) is 13.1 Å². The van der Waals surface area contributed by atoms with Gasteiger partial charge in [-0.15, -0.1) is 0 Å². The number of hydrogen-bond acceptors (Lipinski definition) is 8. The lowest BCUT2D eigenvalue weighted by Crippen LogP contribution is -2.58. The third kappa shape index (κ3) is 12.9. The van der Waals surface area contributed by atoms with Crippen molar-refractivity contribution in [1.82, 2.24) is 25.9 Å². The fourth-order valence-electron chi connectivity index (χ4n) is 3.47. The number of nitrogens with zero attached hydrogens (tertiary/aromatic N) is 3. The number of aromatic nitrogens is 2. The predicted octanol–water partition coefficient (Wildman–Crippen LogP) is -3.42. The molecule has 0 radical (unpaired) electrons. The van der Waals surface area contributed by atoms with Gasteiger partial charge in [-0.1, -0.05) is 13.8 Å². The van der Waals surface area contributed by atoms with Gasteiger partial charge in [0, 0.05) is 31.4 Å². The lowest BCUT2D eigenvalue weighted by Gasteiger charge is -2.25. The zero-order chi connectivity index (χ0) is 30.2. The maximum Gasteiger partial charge on any atom is 0.326 e. The zero-order valence-corrected chi connectivity index (χ0v) is 22.8. The first-order valence-corrected chi connectivity index (χ1v) is 12.8. The monoisotopic (exact) mass is 566 g/mol. The maximum absolute atomic E-state index is 13.3. The Hall–Kier alpha value is -4.41. The average Bonchev–Trinajstić information content (AvgIpc) is 3.39. The van der Waals surface area contributed by atoms with Gasteiger partial charge in [-0.25, -0.2) is 9.78 Å². The van der Waals surface area contributed by atoms with Crippen molar-refractivity contribution in [2.24, 2.45) is 44.6 Å². The molecule has 40 heavy (non-hydrogen) atoms. The minimum atomic E-state index is -1.27. The third-order valence-electron chi connectivity index (χ3n) is 5.77. The van der Waals surface area contributed by atoms with Crippen LogP contribution in [-0.4, -0.2) is 87.9 Å². The number of carboxylic acids is 1. The number of aliphatic carboxylic acids is 1. The molecule has 4 atom stereocenters. The van der Waals surface area contributed by atoms with E-state index in [-0.39, 0.29) is 56.6 Å². The molecule has 1 rings (SSSR count). The van der Waals surface area contributed by atoms with Crippen LogP contribution in [-0.2, 0) is 25.6 Å². The fraction of sp³-hybridized carbons (Fsp3) is 0.609. The van der Waals surface area contributed by atoms with Crippen LogP contribution in [0.1, 0.15) is 45.2 Å². The summed E-state index contributed by atoms with van der Waals surface area (Å²) in [6.07, 6.45) is 3.63. The maximum atomic E-state index is 13.3. The largest absolute Gasteiger partial charge is 0.480 e. The van der Waals surface area contributed by atoms with E-state index < -0.39 is 47.9 Å². The SMILES string of the molecule is CC(C)C(N)C(=O)NC(CCCN=C(N)N)C(=O)NC(Cc1cnc[nH]1)C(=O)NC(CCCN=C(N)N)C(=O)O. The standard InChI is InChI=1S/C23H42N12O5/c1-12(2)17(24)20(38)33-14(5-3-7-30-22(25)26)18(36)35-16(9-13-10-29-11-32-13)19(37)34-15(21(39)40)6-4-8-31-23(27)28/h10-12,14-17H,3-9,24H2,1-2H3,(H,29,32)(H,33,38)(H,34,37)(H,35,36)(H,39,40)(H4,25,26,30)(H4,27,28,31). The molecule has 0 aromatic carbocycles. The summed E-state index contributed by atoms with van der Waals surface area (Å²) in [5.41, 5.74) is 27.7. The first kappa shape index (κ1) is 33.6. The highest BCUT2D eigenvalue weighted by atomic mass is 16.4. The van der Waals surface area contributed by atoms with Gasteiger partial charge in [0.25, 0.3) is 0 Å². The van der Waals surface area contributed by atoms with Gasteiger partial charge in [0.05, 0.1) is 12.4 Å². The second-order valence-electron chi connectivity index (χ2n) is 9.47. The highest BCUT2D eigenvalue weighted by molar-refractivity contribution is 5.94. The second kappa shape index (κ2) is 17.2. The number of nitrogens with two attached hydrogens (primary N) is 5. The van der Waals surface area contributed by atoms with Crippen molar-refractivity contribution in [3.8, 4) is 0 Å². The zero-order valence-electron chi connectivity index (χ0n) is 22.8. The number of nitrogens with one attached hydrogen (secondary N) is 4. The number of carbonyl (C=O) groups is 4. The van der Waals surface area contributed by atoms with E-state index in [0.717, 1.165) is 0 Å². The smallest absolute Gasteiger partial charge is 0.326 e. The van der Waals surface area contributed by atoms with E-state index in [1.54, 1.807) is 13.8 Å². The van der Waals surface area contributed by atoms with Crippen LogP contribution < -0.4 is 44.6 Å². The number of amides is 3. The normalized spacial score (nSPS) is 13.8. The summed E-state index contributed by atoms with van der Waals surface area (Å²) in [6.45, 7) is 3.91. The first-order valence-electron chi connectivity index (χ1n) is 12.8. The van der Waals surface area contributed by atoms with Crippen LogP contribution in [0.15, 0.2) is 22.5 Å². The summed E-state index contributed by atoms with van der Waals surface area (Å²) in [4.78, 5) is 65.4. The average molecular weight is 567 g/mol. The topological polar surface area (TPSA) is 308 Å². The summed E-state index contributed by atoms with van der Waals surface area (Å²) in [5.74, 6) is -3.67. The second-order valence-corrected chi connectivity index (χ2v) is 9.47. The highest BCUT2D eigenvalue weighted by Crippen LogP contribution is 2.07. The van der Waals surface area contributed by atoms with E-state index >= 15 is 0 Å². The molecule has 0 aliphatic rings. The van der Waals surface area contributed by atoms with Crippen LogP contribution in [0.25, 0.3) is 0 Å². The quantitative estimate of drug-likeness (QED) is 0.0473. The Morgan fingerprint density at radius 3 is 1.85 bits per heavy atom. The Morgan fingerprint density at radius 2 is 1.38 bits per heavy atom. The van der Waals surface area contributed by atoms with Crippen molar-refractivity contribution in [3.63, 3.8) is 0 Å². The van der Waals surface area contributed by atoms with Crippen LogP contribution in [0, 0.1) is 5.92 Å². The molecule has 1 aromatic heterocycles. The predicted molar refractivity (Wildman–Crippen MR) is 148 cm³/mol. The molecule has 224 valence electrons. The minimum Gasteiger partial charge on any atom is -0.480 e. The number of aliphatic imine (C=N–C) groups is 2. The van der Waals surface area contributed by atoms with Gasteiger partial charge in [-0.05, 0) is 31.6 Å². The number of guanidine groups is 2.